The minimum absolute atomic E-state index is 0.0272. The van der Waals surface area contributed by atoms with Crippen molar-refractivity contribution in [2.45, 2.75) is 51.0 Å². The molecule has 1 aliphatic carbocycles. The van der Waals surface area contributed by atoms with E-state index in [0.29, 0.717) is 5.92 Å². The molecule has 1 aromatic carbocycles. The fourth-order valence-electron chi connectivity index (χ4n) is 3.53. The van der Waals surface area contributed by atoms with Crippen LogP contribution < -0.4 is 0 Å². The van der Waals surface area contributed by atoms with Crippen LogP contribution in [-0.4, -0.2) is 12.1 Å². The lowest BCUT2D eigenvalue weighted by molar-refractivity contribution is -0.146. The van der Waals surface area contributed by atoms with Crippen LogP contribution in [0.5, 0.6) is 0 Å². The molecule has 0 radical (unpaired) electrons. The normalized spacial score (nSPS) is 28.3. The highest BCUT2D eigenvalue weighted by molar-refractivity contribution is 5.75. The number of rotatable bonds is 3. The first-order valence-electron chi connectivity index (χ1n) is 7.57. The standard InChI is InChI=1S/C17H22O2/c18-17-15(11-13-7-3-1-4-8-13)12-16(19-17)14-9-5-2-6-10-14/h1,3-4,7-8,14-16H,2,5-6,9-12H2/t15-,16+/m0/s1. The summed E-state index contributed by atoms with van der Waals surface area (Å²) < 4.78 is 5.65. The van der Waals surface area contributed by atoms with E-state index in [-0.39, 0.29) is 18.0 Å². The molecule has 0 bridgehead atoms. The Kier molecular flexibility index (Phi) is 3.86. The van der Waals surface area contributed by atoms with E-state index < -0.39 is 0 Å². The Balaban J connectivity index is 1.60. The van der Waals surface area contributed by atoms with E-state index in [4.69, 9.17) is 4.74 Å². The number of carbonyl (C=O) groups excluding carboxylic acids is 1. The van der Waals surface area contributed by atoms with Crippen molar-refractivity contribution < 1.29 is 9.53 Å². The fourth-order valence-corrected chi connectivity index (χ4v) is 3.53. The summed E-state index contributed by atoms with van der Waals surface area (Å²) in [5.41, 5.74) is 1.24. The van der Waals surface area contributed by atoms with Gasteiger partial charge in [-0.25, -0.2) is 0 Å². The molecule has 2 atom stereocenters. The Morgan fingerprint density at radius 1 is 1.05 bits per heavy atom. The first kappa shape index (κ1) is 12.7. The monoisotopic (exact) mass is 258 g/mol. The average Bonchev–Trinajstić information content (AvgIpc) is 2.82. The Hall–Kier alpha value is -1.31. The average molecular weight is 258 g/mol. The second-order valence-corrected chi connectivity index (χ2v) is 6.00. The molecule has 0 spiro atoms. The summed E-state index contributed by atoms with van der Waals surface area (Å²) in [6, 6.07) is 10.3. The summed E-state index contributed by atoms with van der Waals surface area (Å²) in [6.45, 7) is 0. The minimum atomic E-state index is 0.0272. The van der Waals surface area contributed by atoms with Gasteiger partial charge in [0, 0.05) is 0 Å². The molecule has 2 aliphatic rings. The van der Waals surface area contributed by atoms with E-state index in [2.05, 4.69) is 12.1 Å². The second-order valence-electron chi connectivity index (χ2n) is 6.00. The van der Waals surface area contributed by atoms with Crippen molar-refractivity contribution in [2.75, 3.05) is 0 Å². The Morgan fingerprint density at radius 3 is 2.53 bits per heavy atom. The van der Waals surface area contributed by atoms with Gasteiger partial charge in [0.05, 0.1) is 5.92 Å². The van der Waals surface area contributed by atoms with Gasteiger partial charge in [0.2, 0.25) is 0 Å². The van der Waals surface area contributed by atoms with Crippen molar-refractivity contribution in [3.63, 3.8) is 0 Å². The summed E-state index contributed by atoms with van der Waals surface area (Å²) in [5, 5.41) is 0. The van der Waals surface area contributed by atoms with Gasteiger partial charge < -0.3 is 4.74 Å². The molecule has 2 fully saturated rings. The van der Waals surface area contributed by atoms with Crippen LogP contribution in [0, 0.1) is 11.8 Å². The molecule has 1 saturated heterocycles. The number of benzene rings is 1. The fraction of sp³-hybridized carbons (Fsp3) is 0.588. The van der Waals surface area contributed by atoms with E-state index in [1.807, 2.05) is 18.2 Å². The smallest absolute Gasteiger partial charge is 0.309 e. The molecular formula is C17H22O2. The van der Waals surface area contributed by atoms with Crippen LogP contribution in [-0.2, 0) is 16.0 Å². The van der Waals surface area contributed by atoms with Crippen molar-refractivity contribution in [1.82, 2.24) is 0 Å². The molecule has 0 amide bonds. The Labute approximate surface area is 115 Å². The maximum Gasteiger partial charge on any atom is 0.309 e. The molecule has 1 heterocycles. The summed E-state index contributed by atoms with van der Waals surface area (Å²) in [6.07, 6.45) is 8.42. The molecule has 0 aromatic heterocycles. The van der Waals surface area contributed by atoms with Gasteiger partial charge in [-0.3, -0.25) is 4.79 Å². The van der Waals surface area contributed by atoms with Crippen molar-refractivity contribution in [2.24, 2.45) is 11.8 Å². The molecule has 2 heteroatoms. The maximum absolute atomic E-state index is 12.0. The molecular weight excluding hydrogens is 236 g/mol. The van der Waals surface area contributed by atoms with Gasteiger partial charge >= 0.3 is 5.97 Å². The van der Waals surface area contributed by atoms with Crippen LogP contribution in [0.15, 0.2) is 30.3 Å². The van der Waals surface area contributed by atoms with Crippen molar-refractivity contribution in [3.8, 4) is 0 Å². The van der Waals surface area contributed by atoms with Gasteiger partial charge in [0.25, 0.3) is 0 Å². The van der Waals surface area contributed by atoms with Gasteiger partial charge in [-0.15, -0.1) is 0 Å². The van der Waals surface area contributed by atoms with Crippen LogP contribution in [0.1, 0.15) is 44.1 Å². The van der Waals surface area contributed by atoms with Gasteiger partial charge in [0.15, 0.2) is 0 Å². The van der Waals surface area contributed by atoms with E-state index in [1.165, 1.54) is 37.7 Å². The van der Waals surface area contributed by atoms with Crippen LogP contribution in [0.4, 0.5) is 0 Å². The number of hydrogen-bond donors (Lipinski definition) is 0. The van der Waals surface area contributed by atoms with Crippen molar-refractivity contribution in [1.29, 1.82) is 0 Å². The van der Waals surface area contributed by atoms with E-state index in [0.717, 1.165) is 12.8 Å². The zero-order valence-corrected chi connectivity index (χ0v) is 11.4. The van der Waals surface area contributed by atoms with Crippen LogP contribution in [0.25, 0.3) is 0 Å². The van der Waals surface area contributed by atoms with Crippen LogP contribution >= 0.6 is 0 Å². The van der Waals surface area contributed by atoms with E-state index in [1.54, 1.807) is 0 Å². The summed E-state index contributed by atoms with van der Waals surface area (Å²) in [5.74, 6) is 0.729. The molecule has 102 valence electrons. The van der Waals surface area contributed by atoms with Gasteiger partial charge in [-0.2, -0.15) is 0 Å². The molecule has 3 rings (SSSR count). The SMILES string of the molecule is O=C1O[C@@H](C2CCCCC2)C[C@@H]1Cc1ccccc1. The third kappa shape index (κ3) is 2.99. The first-order chi connectivity index (χ1) is 9.33. The number of ether oxygens (including phenoxy) is 1. The molecule has 1 aromatic rings. The number of esters is 1. The largest absolute Gasteiger partial charge is 0.462 e. The highest BCUT2D eigenvalue weighted by Crippen LogP contribution is 2.36. The highest BCUT2D eigenvalue weighted by atomic mass is 16.6. The summed E-state index contributed by atoms with van der Waals surface area (Å²) >= 11 is 0. The molecule has 2 nitrogen and oxygen atoms in total. The predicted molar refractivity (Wildman–Crippen MR) is 74.7 cm³/mol. The second kappa shape index (κ2) is 5.77. The Morgan fingerprint density at radius 2 is 1.79 bits per heavy atom. The topological polar surface area (TPSA) is 26.3 Å². The molecule has 0 unspecified atom stereocenters. The van der Waals surface area contributed by atoms with E-state index >= 15 is 0 Å². The predicted octanol–water partition coefficient (Wildman–Crippen LogP) is 3.74. The minimum Gasteiger partial charge on any atom is -0.462 e. The lowest BCUT2D eigenvalue weighted by atomic mass is 9.82. The van der Waals surface area contributed by atoms with Crippen molar-refractivity contribution in [3.05, 3.63) is 35.9 Å². The third-order valence-corrected chi connectivity index (χ3v) is 4.62. The number of carbonyl (C=O) groups is 1. The van der Waals surface area contributed by atoms with Crippen molar-refractivity contribution >= 4 is 5.97 Å². The summed E-state index contributed by atoms with van der Waals surface area (Å²) in [4.78, 5) is 12.0. The lowest BCUT2D eigenvalue weighted by Crippen LogP contribution is -2.22. The first-order valence-corrected chi connectivity index (χ1v) is 7.57. The van der Waals surface area contributed by atoms with Gasteiger partial charge in [0.1, 0.15) is 6.10 Å². The molecule has 0 N–H and O–H groups in total. The zero-order chi connectivity index (χ0) is 13.1. The third-order valence-electron chi connectivity index (χ3n) is 4.62. The Bertz CT molecular complexity index is 420. The molecule has 19 heavy (non-hydrogen) atoms. The lowest BCUT2D eigenvalue weighted by Gasteiger charge is -2.26. The van der Waals surface area contributed by atoms with Crippen LogP contribution in [0.3, 0.4) is 0 Å². The zero-order valence-electron chi connectivity index (χ0n) is 11.4. The molecule has 1 aliphatic heterocycles. The molecule has 1 saturated carbocycles. The van der Waals surface area contributed by atoms with Crippen LogP contribution in [0.2, 0.25) is 0 Å². The number of cyclic esters (lactones) is 1. The maximum atomic E-state index is 12.0. The van der Waals surface area contributed by atoms with Gasteiger partial charge in [-0.05, 0) is 37.2 Å². The number of hydrogen-bond acceptors (Lipinski definition) is 2. The quantitative estimate of drug-likeness (QED) is 0.772. The summed E-state index contributed by atoms with van der Waals surface area (Å²) in [7, 11) is 0. The highest BCUT2D eigenvalue weighted by Gasteiger charge is 2.38. The van der Waals surface area contributed by atoms with Gasteiger partial charge in [-0.1, -0.05) is 49.6 Å². The van der Waals surface area contributed by atoms with E-state index in [9.17, 15) is 4.79 Å².